The van der Waals surface area contributed by atoms with Crippen molar-refractivity contribution in [2.75, 3.05) is 11.4 Å². The molecule has 0 unspecified atom stereocenters. The third-order valence-electron chi connectivity index (χ3n) is 1.94. The van der Waals surface area contributed by atoms with Crippen molar-refractivity contribution in [3.05, 3.63) is 30.3 Å². The minimum atomic E-state index is -0.152. The summed E-state index contributed by atoms with van der Waals surface area (Å²) in [5, 5.41) is 11.7. The predicted octanol–water partition coefficient (Wildman–Crippen LogP) is 1.50. The summed E-state index contributed by atoms with van der Waals surface area (Å²) < 4.78 is 0. The Bertz CT molecular complexity index is 381. The fourth-order valence-corrected chi connectivity index (χ4v) is 1.30. The van der Waals surface area contributed by atoms with Gasteiger partial charge in [0.1, 0.15) is 6.54 Å². The standard InChI is InChI=1S/C12H15N3O/c1-10(2)14-12(16)8-15(9-13)11-6-4-3-5-7-11/h3-7,10H,8H2,1-2H3,(H,14,16). The first-order valence-electron chi connectivity index (χ1n) is 5.15. The second kappa shape index (κ2) is 5.76. The largest absolute Gasteiger partial charge is 0.352 e. The van der Waals surface area contributed by atoms with Gasteiger partial charge in [-0.3, -0.25) is 9.69 Å². The first-order valence-corrected chi connectivity index (χ1v) is 5.15. The van der Waals surface area contributed by atoms with Gasteiger partial charge in [-0.1, -0.05) is 18.2 Å². The van der Waals surface area contributed by atoms with E-state index in [0.29, 0.717) is 0 Å². The van der Waals surface area contributed by atoms with E-state index in [1.807, 2.05) is 38.2 Å². The highest BCUT2D eigenvalue weighted by Gasteiger charge is 2.10. The molecule has 0 saturated carbocycles. The molecule has 1 rings (SSSR count). The second-order valence-electron chi connectivity index (χ2n) is 3.74. The molecular formula is C12H15N3O. The summed E-state index contributed by atoms with van der Waals surface area (Å²) in [5.41, 5.74) is 0.726. The van der Waals surface area contributed by atoms with Crippen LogP contribution < -0.4 is 10.2 Å². The van der Waals surface area contributed by atoms with Crippen molar-refractivity contribution in [2.24, 2.45) is 0 Å². The Hall–Kier alpha value is -2.02. The van der Waals surface area contributed by atoms with Gasteiger partial charge < -0.3 is 5.32 Å². The summed E-state index contributed by atoms with van der Waals surface area (Å²) in [6, 6.07) is 9.22. The van der Waals surface area contributed by atoms with Gasteiger partial charge in [-0.25, -0.2) is 0 Å². The second-order valence-corrected chi connectivity index (χ2v) is 3.74. The van der Waals surface area contributed by atoms with Gasteiger partial charge in [-0.05, 0) is 26.0 Å². The lowest BCUT2D eigenvalue weighted by molar-refractivity contribution is -0.120. The van der Waals surface area contributed by atoms with Gasteiger partial charge in [0.15, 0.2) is 6.19 Å². The Morgan fingerprint density at radius 1 is 1.44 bits per heavy atom. The summed E-state index contributed by atoms with van der Waals surface area (Å²) >= 11 is 0. The zero-order valence-corrected chi connectivity index (χ0v) is 9.47. The Morgan fingerprint density at radius 3 is 2.56 bits per heavy atom. The molecule has 0 aliphatic rings. The lowest BCUT2D eigenvalue weighted by Crippen LogP contribution is -2.38. The molecule has 0 aliphatic carbocycles. The van der Waals surface area contributed by atoms with Gasteiger partial charge >= 0.3 is 0 Å². The van der Waals surface area contributed by atoms with E-state index >= 15 is 0 Å². The van der Waals surface area contributed by atoms with Crippen molar-refractivity contribution in [3.63, 3.8) is 0 Å². The number of rotatable bonds is 4. The quantitative estimate of drug-likeness (QED) is 0.614. The van der Waals surface area contributed by atoms with Crippen molar-refractivity contribution in [2.45, 2.75) is 19.9 Å². The Morgan fingerprint density at radius 2 is 2.06 bits per heavy atom. The number of carbonyl (C=O) groups is 1. The van der Waals surface area contributed by atoms with Crippen LogP contribution in [0.25, 0.3) is 0 Å². The number of nitriles is 1. The first-order chi connectivity index (χ1) is 7.63. The van der Waals surface area contributed by atoms with E-state index in [2.05, 4.69) is 5.32 Å². The van der Waals surface area contributed by atoms with E-state index in [9.17, 15) is 4.79 Å². The van der Waals surface area contributed by atoms with Gasteiger partial charge in [0.05, 0.1) is 5.69 Å². The number of benzene rings is 1. The van der Waals surface area contributed by atoms with Crippen molar-refractivity contribution in [3.8, 4) is 6.19 Å². The fraction of sp³-hybridized carbons (Fsp3) is 0.333. The van der Waals surface area contributed by atoms with Crippen LogP contribution in [-0.2, 0) is 4.79 Å². The number of hydrogen-bond acceptors (Lipinski definition) is 3. The molecule has 0 radical (unpaired) electrons. The number of para-hydroxylation sites is 1. The molecule has 0 spiro atoms. The van der Waals surface area contributed by atoms with Crippen LogP contribution in [0.4, 0.5) is 5.69 Å². The summed E-state index contributed by atoms with van der Waals surface area (Å²) in [6.07, 6.45) is 1.99. The van der Waals surface area contributed by atoms with Crippen LogP contribution in [0.5, 0.6) is 0 Å². The van der Waals surface area contributed by atoms with Crippen molar-refractivity contribution in [1.82, 2.24) is 5.32 Å². The van der Waals surface area contributed by atoms with Gasteiger partial charge in [0.2, 0.25) is 5.91 Å². The summed E-state index contributed by atoms with van der Waals surface area (Å²) in [5.74, 6) is -0.152. The normalized spacial score (nSPS) is 9.62. The van der Waals surface area contributed by atoms with Crippen LogP contribution in [0.3, 0.4) is 0 Å². The number of nitrogens with zero attached hydrogens (tertiary/aromatic N) is 2. The van der Waals surface area contributed by atoms with Gasteiger partial charge in [0.25, 0.3) is 0 Å². The zero-order chi connectivity index (χ0) is 12.0. The van der Waals surface area contributed by atoms with Gasteiger partial charge in [0, 0.05) is 6.04 Å². The Labute approximate surface area is 95.5 Å². The highest BCUT2D eigenvalue weighted by molar-refractivity contribution is 5.82. The minimum absolute atomic E-state index is 0.0543. The lowest BCUT2D eigenvalue weighted by Gasteiger charge is -2.16. The average molecular weight is 217 g/mol. The molecule has 84 valence electrons. The summed E-state index contributed by atoms with van der Waals surface area (Å²) in [4.78, 5) is 12.9. The molecule has 4 heteroatoms. The van der Waals surface area contributed by atoms with Crippen molar-refractivity contribution < 1.29 is 4.79 Å². The molecule has 0 saturated heterocycles. The molecule has 1 aromatic carbocycles. The maximum atomic E-state index is 11.5. The average Bonchev–Trinajstić information content (AvgIpc) is 2.26. The minimum Gasteiger partial charge on any atom is -0.352 e. The number of nitrogens with one attached hydrogen (secondary N) is 1. The monoisotopic (exact) mass is 217 g/mol. The molecule has 0 aromatic heterocycles. The number of anilines is 1. The molecule has 1 amide bonds. The lowest BCUT2D eigenvalue weighted by atomic mass is 10.3. The third kappa shape index (κ3) is 3.62. The molecule has 0 aliphatic heterocycles. The van der Waals surface area contributed by atoms with Crippen LogP contribution >= 0.6 is 0 Å². The van der Waals surface area contributed by atoms with Crippen LogP contribution in [0.15, 0.2) is 30.3 Å². The number of hydrogen-bond donors (Lipinski definition) is 1. The van der Waals surface area contributed by atoms with Crippen molar-refractivity contribution in [1.29, 1.82) is 5.26 Å². The maximum absolute atomic E-state index is 11.5. The van der Waals surface area contributed by atoms with E-state index in [1.54, 1.807) is 12.1 Å². The number of carbonyl (C=O) groups excluding carboxylic acids is 1. The topological polar surface area (TPSA) is 56.1 Å². The fourth-order valence-electron chi connectivity index (χ4n) is 1.30. The van der Waals surface area contributed by atoms with E-state index in [-0.39, 0.29) is 18.5 Å². The summed E-state index contributed by atoms with van der Waals surface area (Å²) in [7, 11) is 0. The predicted molar refractivity (Wildman–Crippen MR) is 62.7 cm³/mol. The van der Waals surface area contributed by atoms with E-state index in [4.69, 9.17) is 5.26 Å². The molecule has 16 heavy (non-hydrogen) atoms. The molecule has 1 N–H and O–H groups in total. The molecule has 0 atom stereocenters. The van der Waals surface area contributed by atoms with Crippen LogP contribution in [0.2, 0.25) is 0 Å². The molecule has 4 nitrogen and oxygen atoms in total. The zero-order valence-electron chi connectivity index (χ0n) is 9.47. The maximum Gasteiger partial charge on any atom is 0.241 e. The third-order valence-corrected chi connectivity index (χ3v) is 1.94. The molecule has 0 fully saturated rings. The molecular weight excluding hydrogens is 202 g/mol. The first kappa shape index (κ1) is 12.1. The highest BCUT2D eigenvalue weighted by atomic mass is 16.2. The SMILES string of the molecule is CC(C)NC(=O)CN(C#N)c1ccccc1. The molecule has 0 heterocycles. The van der Waals surface area contributed by atoms with E-state index in [0.717, 1.165) is 5.69 Å². The number of amides is 1. The van der Waals surface area contributed by atoms with Crippen LogP contribution in [0, 0.1) is 11.5 Å². The Balaban J connectivity index is 2.64. The summed E-state index contributed by atoms with van der Waals surface area (Å²) in [6.45, 7) is 3.83. The van der Waals surface area contributed by atoms with Crippen molar-refractivity contribution >= 4 is 11.6 Å². The van der Waals surface area contributed by atoms with Gasteiger partial charge in [-0.15, -0.1) is 0 Å². The molecule has 1 aromatic rings. The molecule has 0 bridgehead atoms. The van der Waals surface area contributed by atoms with Gasteiger partial charge in [-0.2, -0.15) is 5.26 Å². The highest BCUT2D eigenvalue weighted by Crippen LogP contribution is 2.11. The van der Waals surface area contributed by atoms with E-state index in [1.165, 1.54) is 4.90 Å². The van der Waals surface area contributed by atoms with Crippen LogP contribution in [-0.4, -0.2) is 18.5 Å². The van der Waals surface area contributed by atoms with E-state index < -0.39 is 0 Å². The van der Waals surface area contributed by atoms with Crippen LogP contribution in [0.1, 0.15) is 13.8 Å². The smallest absolute Gasteiger partial charge is 0.241 e. The Kier molecular flexibility index (Phi) is 4.34.